The number of ether oxygens (including phenoxy) is 1. The molecule has 1 fully saturated rings. The van der Waals surface area contributed by atoms with Gasteiger partial charge in [0.1, 0.15) is 18.1 Å². The van der Waals surface area contributed by atoms with Crippen molar-refractivity contribution in [1.29, 1.82) is 0 Å². The summed E-state index contributed by atoms with van der Waals surface area (Å²) in [5.74, 6) is 1.46. The van der Waals surface area contributed by atoms with Gasteiger partial charge >= 0.3 is 6.18 Å². The normalized spacial score (nSPS) is 18.0. The summed E-state index contributed by atoms with van der Waals surface area (Å²) >= 11 is 0. The lowest BCUT2D eigenvalue weighted by Crippen LogP contribution is -2.39. The Morgan fingerprint density at radius 3 is 2.54 bits per heavy atom. The smallest absolute Gasteiger partial charge is 0.408 e. The fourth-order valence-electron chi connectivity index (χ4n) is 2.74. The topological polar surface area (TPSA) is 56.3 Å². The maximum Gasteiger partial charge on any atom is 0.408 e. The van der Waals surface area contributed by atoms with Gasteiger partial charge in [-0.25, -0.2) is 9.67 Å². The SMILES string of the molecule is Cc1ccc(-c2nc(C(C)N3CCOCC3)n(CC(F)(F)F)n2)o1. The van der Waals surface area contributed by atoms with E-state index >= 15 is 0 Å². The summed E-state index contributed by atoms with van der Waals surface area (Å²) in [4.78, 5) is 6.37. The third kappa shape index (κ3) is 3.78. The molecule has 1 atom stereocenters. The largest absolute Gasteiger partial charge is 0.458 e. The Morgan fingerprint density at radius 1 is 1.25 bits per heavy atom. The van der Waals surface area contributed by atoms with Crippen molar-refractivity contribution in [1.82, 2.24) is 19.7 Å². The van der Waals surface area contributed by atoms with Crippen molar-refractivity contribution in [3.63, 3.8) is 0 Å². The maximum atomic E-state index is 12.9. The van der Waals surface area contributed by atoms with Crippen molar-refractivity contribution in [3.8, 4) is 11.6 Å². The number of hydrogen-bond donors (Lipinski definition) is 0. The van der Waals surface area contributed by atoms with Crippen LogP contribution in [0.3, 0.4) is 0 Å². The molecule has 2 aromatic rings. The van der Waals surface area contributed by atoms with E-state index < -0.39 is 12.7 Å². The van der Waals surface area contributed by atoms with Crippen molar-refractivity contribution in [3.05, 3.63) is 23.7 Å². The third-order valence-electron chi connectivity index (χ3n) is 3.96. The van der Waals surface area contributed by atoms with Crippen molar-refractivity contribution in [2.24, 2.45) is 0 Å². The molecule has 3 heterocycles. The molecule has 0 N–H and O–H groups in total. The molecular weight excluding hydrogens is 325 g/mol. The molecule has 0 amide bonds. The predicted octanol–water partition coefficient (Wildman–Crippen LogP) is 2.80. The average molecular weight is 344 g/mol. The van der Waals surface area contributed by atoms with E-state index in [1.165, 1.54) is 0 Å². The van der Waals surface area contributed by atoms with Gasteiger partial charge in [0, 0.05) is 13.1 Å². The Hall–Kier alpha value is -1.87. The summed E-state index contributed by atoms with van der Waals surface area (Å²) < 4.78 is 50.3. The lowest BCUT2D eigenvalue weighted by atomic mass is 10.2. The molecule has 1 unspecified atom stereocenters. The predicted molar refractivity (Wildman–Crippen MR) is 79.3 cm³/mol. The lowest BCUT2D eigenvalue weighted by molar-refractivity contribution is -0.143. The zero-order valence-corrected chi connectivity index (χ0v) is 13.5. The third-order valence-corrected chi connectivity index (χ3v) is 3.96. The summed E-state index contributed by atoms with van der Waals surface area (Å²) in [7, 11) is 0. The number of aromatic nitrogens is 3. The van der Waals surface area contributed by atoms with Crippen LogP contribution in [0.15, 0.2) is 16.5 Å². The van der Waals surface area contributed by atoms with Gasteiger partial charge in [-0.2, -0.15) is 13.2 Å². The molecule has 24 heavy (non-hydrogen) atoms. The standard InChI is InChI=1S/C15H19F3N4O2/c1-10-3-4-12(24-10)13-19-14(22(20-13)9-15(16,17)18)11(2)21-5-7-23-8-6-21/h3-4,11H,5-9H2,1-2H3. The van der Waals surface area contributed by atoms with E-state index in [2.05, 4.69) is 10.1 Å². The zero-order chi connectivity index (χ0) is 17.3. The molecule has 2 aromatic heterocycles. The number of aryl methyl sites for hydroxylation is 1. The summed E-state index contributed by atoms with van der Waals surface area (Å²) in [6.07, 6.45) is -4.37. The number of alkyl halides is 3. The monoisotopic (exact) mass is 344 g/mol. The highest BCUT2D eigenvalue weighted by molar-refractivity contribution is 5.46. The van der Waals surface area contributed by atoms with Crippen LogP contribution in [-0.4, -0.2) is 52.1 Å². The van der Waals surface area contributed by atoms with Crippen LogP contribution in [0.25, 0.3) is 11.6 Å². The molecule has 0 aliphatic carbocycles. The first-order chi connectivity index (χ1) is 11.3. The highest BCUT2D eigenvalue weighted by atomic mass is 19.4. The lowest BCUT2D eigenvalue weighted by Gasteiger charge is -2.31. The van der Waals surface area contributed by atoms with Crippen LogP contribution in [-0.2, 0) is 11.3 Å². The summed E-state index contributed by atoms with van der Waals surface area (Å²) in [6.45, 7) is 4.82. The minimum absolute atomic E-state index is 0.169. The van der Waals surface area contributed by atoms with Crippen LogP contribution >= 0.6 is 0 Å². The Kier molecular flexibility index (Phi) is 4.64. The second-order valence-corrected chi connectivity index (χ2v) is 5.80. The summed E-state index contributed by atoms with van der Waals surface area (Å²) in [5.41, 5.74) is 0. The number of rotatable bonds is 4. The minimum atomic E-state index is -4.37. The maximum absolute atomic E-state index is 12.9. The Balaban J connectivity index is 1.93. The van der Waals surface area contributed by atoms with Gasteiger partial charge in [0.2, 0.25) is 5.82 Å². The first kappa shape index (κ1) is 17.0. The minimum Gasteiger partial charge on any atom is -0.458 e. The molecule has 0 radical (unpaired) electrons. The highest BCUT2D eigenvalue weighted by Gasteiger charge is 2.33. The molecule has 0 aromatic carbocycles. The Labute approximate surface area is 137 Å². The quantitative estimate of drug-likeness (QED) is 0.854. The van der Waals surface area contributed by atoms with Crippen LogP contribution in [0.2, 0.25) is 0 Å². The first-order valence-electron chi connectivity index (χ1n) is 7.73. The fraction of sp³-hybridized carbons (Fsp3) is 0.600. The van der Waals surface area contributed by atoms with E-state index in [0.717, 1.165) is 4.68 Å². The number of nitrogens with zero attached hydrogens (tertiary/aromatic N) is 4. The van der Waals surface area contributed by atoms with E-state index in [0.29, 0.717) is 37.8 Å². The molecule has 1 aliphatic rings. The highest BCUT2D eigenvalue weighted by Crippen LogP contribution is 2.27. The van der Waals surface area contributed by atoms with Crippen LogP contribution in [0.5, 0.6) is 0 Å². The molecule has 6 nitrogen and oxygen atoms in total. The molecular formula is C15H19F3N4O2. The average Bonchev–Trinajstić information content (AvgIpc) is 3.12. The van der Waals surface area contributed by atoms with E-state index in [-0.39, 0.29) is 17.7 Å². The van der Waals surface area contributed by atoms with Gasteiger partial charge in [-0.15, -0.1) is 5.10 Å². The van der Waals surface area contributed by atoms with Crippen LogP contribution in [0, 0.1) is 6.92 Å². The number of furan rings is 1. The van der Waals surface area contributed by atoms with Gasteiger partial charge in [-0.3, -0.25) is 4.90 Å². The molecule has 9 heteroatoms. The summed E-state index contributed by atoms with van der Waals surface area (Å²) in [6, 6.07) is 3.09. The number of hydrogen-bond acceptors (Lipinski definition) is 5. The zero-order valence-electron chi connectivity index (χ0n) is 13.5. The summed E-state index contributed by atoms with van der Waals surface area (Å²) in [5, 5.41) is 4.03. The van der Waals surface area contributed by atoms with Crippen molar-refractivity contribution >= 4 is 0 Å². The second-order valence-electron chi connectivity index (χ2n) is 5.80. The molecule has 1 saturated heterocycles. The van der Waals surface area contributed by atoms with Gasteiger partial charge < -0.3 is 9.15 Å². The van der Waals surface area contributed by atoms with Crippen molar-refractivity contribution in [2.45, 2.75) is 32.6 Å². The van der Waals surface area contributed by atoms with Gasteiger partial charge in [0.25, 0.3) is 0 Å². The molecule has 0 spiro atoms. The first-order valence-corrected chi connectivity index (χ1v) is 7.73. The van der Waals surface area contributed by atoms with Crippen LogP contribution in [0.1, 0.15) is 24.6 Å². The van der Waals surface area contributed by atoms with E-state index in [1.54, 1.807) is 19.1 Å². The van der Waals surface area contributed by atoms with Crippen LogP contribution in [0.4, 0.5) is 13.2 Å². The van der Waals surface area contributed by atoms with Gasteiger partial charge in [0.05, 0.1) is 19.3 Å². The van der Waals surface area contributed by atoms with Crippen molar-refractivity contribution < 1.29 is 22.3 Å². The van der Waals surface area contributed by atoms with E-state index in [4.69, 9.17) is 9.15 Å². The van der Waals surface area contributed by atoms with Crippen LogP contribution < -0.4 is 0 Å². The Bertz CT molecular complexity index is 689. The fourth-order valence-corrected chi connectivity index (χ4v) is 2.74. The molecule has 0 saturated carbocycles. The van der Waals surface area contributed by atoms with Gasteiger partial charge in [0.15, 0.2) is 5.76 Å². The van der Waals surface area contributed by atoms with Gasteiger partial charge in [-0.1, -0.05) is 0 Å². The number of morpholine rings is 1. The molecule has 0 bridgehead atoms. The van der Waals surface area contributed by atoms with E-state index in [9.17, 15) is 13.2 Å². The molecule has 132 valence electrons. The Morgan fingerprint density at radius 2 is 1.96 bits per heavy atom. The van der Waals surface area contributed by atoms with Crippen molar-refractivity contribution in [2.75, 3.05) is 26.3 Å². The van der Waals surface area contributed by atoms with E-state index in [1.807, 2.05) is 11.8 Å². The van der Waals surface area contributed by atoms with Gasteiger partial charge in [-0.05, 0) is 26.0 Å². The molecule has 1 aliphatic heterocycles. The molecule has 3 rings (SSSR count). The number of halogens is 3. The second kappa shape index (κ2) is 6.56.